The maximum Gasteiger partial charge on any atom is 0.262 e. The number of fused-ring (bicyclic) bond motifs is 1. The van der Waals surface area contributed by atoms with Crippen molar-refractivity contribution in [3.8, 4) is 0 Å². The largest absolute Gasteiger partial charge is 0.385 e. The van der Waals surface area contributed by atoms with Gasteiger partial charge >= 0.3 is 0 Å². The van der Waals surface area contributed by atoms with Gasteiger partial charge in [0.1, 0.15) is 6.04 Å². The van der Waals surface area contributed by atoms with Crippen LogP contribution in [-0.2, 0) is 16.0 Å². The van der Waals surface area contributed by atoms with E-state index in [1.807, 2.05) is 0 Å². The minimum atomic E-state index is -0.953. The highest BCUT2D eigenvalue weighted by Crippen LogP contribution is 2.29. The zero-order valence-corrected chi connectivity index (χ0v) is 18.8. The topological polar surface area (TPSA) is 111 Å². The Morgan fingerprint density at radius 3 is 2.38 bits per heavy atom. The summed E-state index contributed by atoms with van der Waals surface area (Å²) in [4.78, 5) is 52.7. The van der Waals surface area contributed by atoms with E-state index in [0.29, 0.717) is 6.54 Å². The summed E-state index contributed by atoms with van der Waals surface area (Å²) in [7, 11) is 0. The predicted octanol–water partition coefficient (Wildman–Crippen LogP) is 1.15. The third-order valence-electron chi connectivity index (χ3n) is 6.60. The summed E-state index contributed by atoms with van der Waals surface area (Å²) in [6, 6.07) is 12.7. The Bertz CT molecular complexity index is 1140. The lowest BCUT2D eigenvalue weighted by molar-refractivity contribution is -0.136. The molecule has 2 saturated heterocycles. The van der Waals surface area contributed by atoms with Gasteiger partial charge in [-0.15, -0.1) is 0 Å². The second-order valence-corrected chi connectivity index (χ2v) is 8.79. The average Bonchev–Trinajstić information content (AvgIpc) is 3.10. The molecule has 0 aromatic heterocycles. The van der Waals surface area contributed by atoms with E-state index < -0.39 is 23.8 Å². The van der Waals surface area contributed by atoms with E-state index in [1.165, 1.54) is 11.3 Å². The molecule has 0 aliphatic carbocycles. The van der Waals surface area contributed by atoms with Gasteiger partial charge in [0.25, 0.3) is 11.8 Å². The molecule has 3 aliphatic rings. The lowest BCUT2D eigenvalue weighted by Gasteiger charge is -2.29. The molecule has 34 heavy (non-hydrogen) atoms. The number of piperazine rings is 1. The van der Waals surface area contributed by atoms with E-state index in [0.717, 1.165) is 43.2 Å². The molecule has 0 saturated carbocycles. The van der Waals surface area contributed by atoms with Crippen molar-refractivity contribution in [2.75, 3.05) is 42.9 Å². The van der Waals surface area contributed by atoms with Gasteiger partial charge in [-0.2, -0.15) is 0 Å². The molecule has 2 fully saturated rings. The quantitative estimate of drug-likeness (QED) is 0.554. The summed E-state index contributed by atoms with van der Waals surface area (Å²) >= 11 is 0. The normalized spacial score (nSPS) is 20.4. The number of imide groups is 2. The van der Waals surface area contributed by atoms with E-state index in [9.17, 15) is 19.2 Å². The number of rotatable bonds is 6. The van der Waals surface area contributed by atoms with Crippen molar-refractivity contribution in [2.24, 2.45) is 0 Å². The number of anilines is 2. The number of carbonyl (C=O) groups excluding carboxylic acids is 4. The van der Waals surface area contributed by atoms with Gasteiger partial charge in [-0.1, -0.05) is 12.1 Å². The van der Waals surface area contributed by atoms with Crippen LogP contribution in [0.15, 0.2) is 42.5 Å². The summed E-state index contributed by atoms with van der Waals surface area (Å²) in [5.41, 5.74) is 3.75. The molecular formula is C25H27N5O4. The first-order valence-corrected chi connectivity index (χ1v) is 11.7. The van der Waals surface area contributed by atoms with Crippen molar-refractivity contribution < 1.29 is 19.2 Å². The summed E-state index contributed by atoms with van der Waals surface area (Å²) in [6.07, 6.45) is 1.07. The van der Waals surface area contributed by atoms with Gasteiger partial charge in [-0.25, -0.2) is 0 Å². The first-order valence-electron chi connectivity index (χ1n) is 11.7. The number of hydrogen-bond acceptors (Lipinski definition) is 7. The van der Waals surface area contributed by atoms with Gasteiger partial charge in [0.05, 0.1) is 11.1 Å². The van der Waals surface area contributed by atoms with Crippen LogP contribution in [0.2, 0.25) is 0 Å². The number of piperidine rings is 1. The minimum absolute atomic E-state index is 0.104. The molecular weight excluding hydrogens is 434 g/mol. The van der Waals surface area contributed by atoms with E-state index >= 15 is 0 Å². The highest BCUT2D eigenvalue weighted by Gasteiger charge is 2.44. The Hall–Kier alpha value is -3.72. The SMILES string of the molecule is O=C1CCC(N2C(=O)c3ccc(NCCc4ccc(N5CCNCC5)cc4)cc3C2=O)C(=O)N1. The maximum absolute atomic E-state index is 12.9. The molecule has 4 amide bonds. The van der Waals surface area contributed by atoms with E-state index in [4.69, 9.17) is 0 Å². The summed E-state index contributed by atoms with van der Waals surface area (Å²) < 4.78 is 0. The van der Waals surface area contributed by atoms with Gasteiger partial charge in [0.2, 0.25) is 11.8 Å². The molecule has 5 rings (SSSR count). The van der Waals surface area contributed by atoms with Crippen LogP contribution in [0.25, 0.3) is 0 Å². The van der Waals surface area contributed by atoms with Crippen LogP contribution < -0.4 is 20.9 Å². The second kappa shape index (κ2) is 9.26. The third-order valence-corrected chi connectivity index (χ3v) is 6.60. The van der Waals surface area contributed by atoms with Crippen molar-refractivity contribution in [3.05, 3.63) is 59.2 Å². The average molecular weight is 462 g/mol. The molecule has 3 N–H and O–H groups in total. The minimum Gasteiger partial charge on any atom is -0.385 e. The van der Waals surface area contributed by atoms with Crippen molar-refractivity contribution in [2.45, 2.75) is 25.3 Å². The molecule has 1 unspecified atom stereocenters. The monoisotopic (exact) mass is 461 g/mol. The predicted molar refractivity (Wildman–Crippen MR) is 127 cm³/mol. The van der Waals surface area contributed by atoms with Crippen molar-refractivity contribution in [1.29, 1.82) is 0 Å². The Balaban J connectivity index is 1.20. The third kappa shape index (κ3) is 4.26. The fourth-order valence-electron chi connectivity index (χ4n) is 4.73. The first-order chi connectivity index (χ1) is 16.5. The van der Waals surface area contributed by atoms with Crippen LogP contribution in [0.3, 0.4) is 0 Å². The molecule has 176 valence electrons. The molecule has 2 aromatic rings. The van der Waals surface area contributed by atoms with Crippen LogP contribution in [0.5, 0.6) is 0 Å². The maximum atomic E-state index is 12.9. The Labute approximate surface area is 197 Å². The van der Waals surface area contributed by atoms with Crippen LogP contribution in [-0.4, -0.2) is 67.3 Å². The van der Waals surface area contributed by atoms with Crippen LogP contribution >= 0.6 is 0 Å². The Morgan fingerprint density at radius 2 is 1.65 bits per heavy atom. The summed E-state index contributed by atoms with van der Waals surface area (Å²) in [5.74, 6) is -1.98. The lowest BCUT2D eigenvalue weighted by Crippen LogP contribution is -2.54. The molecule has 0 bridgehead atoms. The summed E-state index contributed by atoms with van der Waals surface area (Å²) in [5, 5.41) is 8.89. The van der Waals surface area contributed by atoms with E-state index in [2.05, 4.69) is 45.1 Å². The second-order valence-electron chi connectivity index (χ2n) is 8.79. The Kier molecular flexibility index (Phi) is 6.02. The Morgan fingerprint density at radius 1 is 0.912 bits per heavy atom. The zero-order chi connectivity index (χ0) is 23.7. The molecule has 2 aromatic carbocycles. The molecule has 3 aliphatic heterocycles. The standard InChI is InChI=1S/C25H27N5O4/c31-22-8-7-21(23(32)28-22)30-24(33)19-6-3-17(15-20(19)25(30)34)27-10-9-16-1-4-18(5-2-16)29-13-11-26-12-14-29/h1-6,15,21,26-27H,7-14H2,(H,28,31,32). The molecule has 9 nitrogen and oxygen atoms in total. The van der Waals surface area contributed by atoms with E-state index in [1.54, 1.807) is 18.2 Å². The number of nitrogens with one attached hydrogen (secondary N) is 3. The lowest BCUT2D eigenvalue weighted by atomic mass is 10.0. The smallest absolute Gasteiger partial charge is 0.262 e. The highest BCUT2D eigenvalue weighted by atomic mass is 16.2. The molecule has 9 heteroatoms. The number of amides is 4. The van der Waals surface area contributed by atoms with Crippen molar-refractivity contribution in [1.82, 2.24) is 15.5 Å². The molecule has 3 heterocycles. The van der Waals surface area contributed by atoms with Gasteiger partial charge in [-0.05, 0) is 48.7 Å². The van der Waals surface area contributed by atoms with Crippen LogP contribution in [0, 0.1) is 0 Å². The van der Waals surface area contributed by atoms with Crippen molar-refractivity contribution >= 4 is 35.0 Å². The van der Waals surface area contributed by atoms with Crippen LogP contribution in [0.4, 0.5) is 11.4 Å². The fourth-order valence-corrected chi connectivity index (χ4v) is 4.73. The number of carbonyl (C=O) groups is 4. The molecule has 1 atom stereocenters. The molecule has 0 radical (unpaired) electrons. The van der Waals surface area contributed by atoms with Gasteiger partial charge in [0.15, 0.2) is 0 Å². The zero-order valence-electron chi connectivity index (χ0n) is 18.8. The highest BCUT2D eigenvalue weighted by molar-refractivity contribution is 6.23. The molecule has 0 spiro atoms. The van der Waals surface area contributed by atoms with Crippen molar-refractivity contribution in [3.63, 3.8) is 0 Å². The first kappa shape index (κ1) is 22.1. The number of hydrogen-bond donors (Lipinski definition) is 3. The number of nitrogens with zero attached hydrogens (tertiary/aromatic N) is 2. The fraction of sp³-hybridized carbons (Fsp3) is 0.360. The van der Waals surface area contributed by atoms with Gasteiger partial charge in [-0.3, -0.25) is 29.4 Å². The van der Waals surface area contributed by atoms with Crippen LogP contribution in [0.1, 0.15) is 39.1 Å². The summed E-state index contributed by atoms with van der Waals surface area (Å²) in [6.45, 7) is 4.71. The van der Waals surface area contributed by atoms with Gasteiger partial charge in [0, 0.05) is 50.5 Å². The van der Waals surface area contributed by atoms with E-state index in [-0.39, 0.29) is 29.9 Å². The number of benzene rings is 2. The van der Waals surface area contributed by atoms with Gasteiger partial charge < -0.3 is 15.5 Å².